The molecule has 5 heteroatoms. The fourth-order valence-corrected chi connectivity index (χ4v) is 2.98. The second-order valence-corrected chi connectivity index (χ2v) is 5.80. The minimum Gasteiger partial charge on any atom is -0.494 e. The lowest BCUT2D eigenvalue weighted by Crippen LogP contribution is -1.93. The average molecular weight is 323 g/mol. The van der Waals surface area contributed by atoms with E-state index in [2.05, 4.69) is 21.9 Å². The number of hydrogen-bond acceptors (Lipinski definition) is 3. The number of carbonyl (C=O) groups is 1. The van der Waals surface area contributed by atoms with Gasteiger partial charge in [0.25, 0.3) is 0 Å². The summed E-state index contributed by atoms with van der Waals surface area (Å²) >= 11 is 0. The Labute approximate surface area is 141 Å². The number of nitrogens with zero attached hydrogens (tertiary/aromatic N) is 1. The maximum absolute atomic E-state index is 10.6. The number of methoxy groups -OCH3 is 1. The molecule has 124 valence electrons. The van der Waals surface area contributed by atoms with Crippen molar-refractivity contribution in [3.05, 3.63) is 64.1 Å². The molecule has 5 nitrogen and oxygen atoms in total. The van der Waals surface area contributed by atoms with Crippen molar-refractivity contribution >= 4 is 18.1 Å². The topological polar surface area (TPSA) is 70.2 Å². The number of aliphatic imine (C=N–C) groups is 1. The highest BCUT2D eigenvalue weighted by atomic mass is 16.5. The molecule has 3 rings (SSSR count). The number of rotatable bonds is 6. The van der Waals surface area contributed by atoms with E-state index in [0.29, 0.717) is 6.42 Å². The molecule has 0 bridgehead atoms. The second-order valence-electron chi connectivity index (χ2n) is 5.80. The molecule has 3 heterocycles. The first-order chi connectivity index (χ1) is 11.6. The van der Waals surface area contributed by atoms with Gasteiger partial charge in [-0.05, 0) is 49.6 Å². The number of allylic oxidation sites excluding steroid dienone is 1. The predicted molar refractivity (Wildman–Crippen MR) is 95.1 cm³/mol. The lowest BCUT2D eigenvalue weighted by Gasteiger charge is -2.02. The van der Waals surface area contributed by atoms with Gasteiger partial charge in [0.1, 0.15) is 17.7 Å². The number of hydrogen-bond donors (Lipinski definition) is 2. The van der Waals surface area contributed by atoms with Crippen LogP contribution in [0.3, 0.4) is 0 Å². The summed E-state index contributed by atoms with van der Waals surface area (Å²) in [6, 6.07) is 3.92. The normalized spacial score (nSPS) is 15.5. The van der Waals surface area contributed by atoms with Crippen LogP contribution in [0.2, 0.25) is 0 Å². The Morgan fingerprint density at radius 3 is 2.83 bits per heavy atom. The van der Waals surface area contributed by atoms with Crippen LogP contribution in [-0.4, -0.2) is 29.1 Å². The molecule has 0 spiro atoms. The van der Waals surface area contributed by atoms with Crippen molar-refractivity contribution in [3.8, 4) is 0 Å². The van der Waals surface area contributed by atoms with Gasteiger partial charge in [0.2, 0.25) is 0 Å². The molecule has 0 fully saturated rings. The van der Waals surface area contributed by atoms with E-state index in [1.165, 1.54) is 5.56 Å². The molecular weight excluding hydrogens is 302 g/mol. The zero-order valence-electron chi connectivity index (χ0n) is 14.1. The maximum atomic E-state index is 10.6. The minimum absolute atomic E-state index is 0.536. The zero-order valence-corrected chi connectivity index (χ0v) is 14.1. The van der Waals surface area contributed by atoms with Crippen molar-refractivity contribution < 1.29 is 9.53 Å². The van der Waals surface area contributed by atoms with Crippen molar-refractivity contribution in [2.75, 3.05) is 7.11 Å². The number of aryl methyl sites for hydroxylation is 1. The molecule has 0 saturated heterocycles. The van der Waals surface area contributed by atoms with Crippen LogP contribution in [0.1, 0.15) is 34.6 Å². The fraction of sp³-hybridized carbons (Fsp3) is 0.263. The summed E-state index contributed by atoms with van der Waals surface area (Å²) in [6.07, 6.45) is 8.05. The Balaban J connectivity index is 1.96. The van der Waals surface area contributed by atoms with Gasteiger partial charge in [-0.1, -0.05) is 0 Å². The van der Waals surface area contributed by atoms with Gasteiger partial charge in [-0.15, -0.1) is 0 Å². The Hall–Kier alpha value is -2.82. The number of aldehydes is 1. The first-order valence-corrected chi connectivity index (χ1v) is 7.96. The molecular formula is C19H21N3O2. The third kappa shape index (κ3) is 2.97. The van der Waals surface area contributed by atoms with Gasteiger partial charge in [0, 0.05) is 30.1 Å². The summed E-state index contributed by atoms with van der Waals surface area (Å²) in [5.41, 5.74) is 7.04. The summed E-state index contributed by atoms with van der Waals surface area (Å²) < 4.78 is 5.47. The highest BCUT2D eigenvalue weighted by molar-refractivity contribution is 6.11. The Kier molecular flexibility index (Phi) is 4.51. The van der Waals surface area contributed by atoms with Gasteiger partial charge >= 0.3 is 0 Å². The molecule has 1 aliphatic heterocycles. The van der Waals surface area contributed by atoms with Crippen LogP contribution in [0.5, 0.6) is 0 Å². The number of aromatic nitrogens is 2. The minimum atomic E-state index is 0.536. The predicted octanol–water partition coefficient (Wildman–Crippen LogP) is 3.47. The van der Waals surface area contributed by atoms with Crippen LogP contribution in [0.4, 0.5) is 0 Å². The number of nitrogens with one attached hydrogen (secondary N) is 2. The molecule has 0 amide bonds. The molecule has 0 saturated carbocycles. The smallest absolute Gasteiger partial charge is 0.146 e. The number of ether oxygens (including phenoxy) is 1. The third-order valence-corrected chi connectivity index (χ3v) is 4.28. The van der Waals surface area contributed by atoms with E-state index in [1.54, 1.807) is 7.11 Å². The summed E-state index contributed by atoms with van der Waals surface area (Å²) in [5, 5.41) is 0. The summed E-state index contributed by atoms with van der Waals surface area (Å²) in [5.74, 6) is 0.737. The fourth-order valence-electron chi connectivity index (χ4n) is 2.98. The SMILES string of the molecule is COC1=CC(c2ccc[nH]2)=N/C1=C\c1[nH]c(C)c(CCC=O)c1C. The van der Waals surface area contributed by atoms with E-state index in [9.17, 15) is 4.79 Å². The second kappa shape index (κ2) is 6.74. The zero-order chi connectivity index (χ0) is 17.1. The van der Waals surface area contributed by atoms with Gasteiger partial charge in [-0.2, -0.15) is 0 Å². The van der Waals surface area contributed by atoms with Crippen molar-refractivity contribution in [2.45, 2.75) is 26.7 Å². The molecule has 0 aliphatic carbocycles. The first kappa shape index (κ1) is 16.1. The monoisotopic (exact) mass is 323 g/mol. The van der Waals surface area contributed by atoms with Crippen LogP contribution in [0.25, 0.3) is 6.08 Å². The maximum Gasteiger partial charge on any atom is 0.146 e. The highest BCUT2D eigenvalue weighted by Crippen LogP contribution is 2.27. The third-order valence-electron chi connectivity index (χ3n) is 4.28. The molecule has 0 radical (unpaired) electrons. The van der Waals surface area contributed by atoms with Crippen LogP contribution in [0, 0.1) is 13.8 Å². The number of aromatic amines is 2. The molecule has 24 heavy (non-hydrogen) atoms. The first-order valence-electron chi connectivity index (χ1n) is 7.96. The van der Waals surface area contributed by atoms with Crippen LogP contribution >= 0.6 is 0 Å². The molecule has 2 aromatic rings. The van der Waals surface area contributed by atoms with E-state index in [0.717, 1.165) is 52.5 Å². The summed E-state index contributed by atoms with van der Waals surface area (Å²) in [6.45, 7) is 4.10. The quantitative estimate of drug-likeness (QED) is 0.799. The lowest BCUT2D eigenvalue weighted by molar-refractivity contribution is -0.107. The molecule has 0 aromatic carbocycles. The summed E-state index contributed by atoms with van der Waals surface area (Å²) in [7, 11) is 1.65. The Morgan fingerprint density at radius 1 is 1.33 bits per heavy atom. The van der Waals surface area contributed by atoms with E-state index in [4.69, 9.17) is 4.74 Å². The molecule has 0 atom stereocenters. The number of H-pyrrole nitrogens is 2. The van der Waals surface area contributed by atoms with Gasteiger partial charge in [0.05, 0.1) is 18.5 Å². The molecule has 1 aliphatic rings. The largest absolute Gasteiger partial charge is 0.494 e. The van der Waals surface area contributed by atoms with Crippen molar-refractivity contribution in [3.63, 3.8) is 0 Å². The van der Waals surface area contributed by atoms with Gasteiger partial charge in [-0.25, -0.2) is 4.99 Å². The van der Waals surface area contributed by atoms with Gasteiger partial charge in [0.15, 0.2) is 0 Å². The lowest BCUT2D eigenvalue weighted by atomic mass is 10.0. The van der Waals surface area contributed by atoms with Crippen molar-refractivity contribution in [1.82, 2.24) is 9.97 Å². The van der Waals surface area contributed by atoms with Crippen molar-refractivity contribution in [2.24, 2.45) is 4.99 Å². The van der Waals surface area contributed by atoms with Crippen molar-refractivity contribution in [1.29, 1.82) is 0 Å². The summed E-state index contributed by atoms with van der Waals surface area (Å²) in [4.78, 5) is 21.9. The number of carbonyl (C=O) groups excluding carboxylic acids is 1. The van der Waals surface area contributed by atoms with E-state index in [1.807, 2.05) is 37.4 Å². The average Bonchev–Trinajstić information content (AvgIpc) is 3.27. The Morgan fingerprint density at radius 2 is 2.17 bits per heavy atom. The van der Waals surface area contributed by atoms with E-state index < -0.39 is 0 Å². The van der Waals surface area contributed by atoms with Gasteiger partial charge in [-0.3, -0.25) is 0 Å². The van der Waals surface area contributed by atoms with Crippen LogP contribution in [0.15, 0.2) is 40.9 Å². The standard InChI is InChI=1S/C19H21N3O2/c1-12-14(6-5-9-23)13(2)21-16(12)10-18-19(24-3)11-17(22-18)15-7-4-8-20-15/h4,7-11,20-21H,5-6H2,1-3H3/b18-10-. The van der Waals surface area contributed by atoms with Crippen LogP contribution in [-0.2, 0) is 16.0 Å². The highest BCUT2D eigenvalue weighted by Gasteiger charge is 2.18. The van der Waals surface area contributed by atoms with E-state index >= 15 is 0 Å². The van der Waals surface area contributed by atoms with Crippen LogP contribution < -0.4 is 0 Å². The van der Waals surface area contributed by atoms with Gasteiger partial charge < -0.3 is 19.5 Å². The Bertz CT molecular complexity index is 836. The van der Waals surface area contributed by atoms with E-state index in [-0.39, 0.29) is 0 Å². The molecule has 0 unspecified atom stereocenters. The molecule has 2 N–H and O–H groups in total. The molecule has 2 aromatic heterocycles.